The highest BCUT2D eigenvalue weighted by molar-refractivity contribution is 5.94. The molecule has 0 bridgehead atoms. The van der Waals surface area contributed by atoms with Gasteiger partial charge in [0.15, 0.2) is 0 Å². The first-order chi connectivity index (χ1) is 11.0. The van der Waals surface area contributed by atoms with Crippen LogP contribution in [0.1, 0.15) is 22.3 Å². The van der Waals surface area contributed by atoms with Crippen molar-refractivity contribution in [1.82, 2.24) is 4.90 Å². The monoisotopic (exact) mass is 318 g/mol. The van der Waals surface area contributed by atoms with Crippen LogP contribution in [0.2, 0.25) is 0 Å². The molecule has 0 saturated heterocycles. The number of carbonyl (C=O) groups excluding carboxylic acids is 2. The number of rotatable bonds is 6. The maximum Gasteiger partial charge on any atom is 0.254 e. The fourth-order valence-corrected chi connectivity index (χ4v) is 2.16. The molecular weight excluding hydrogens is 302 g/mol. The predicted octanol–water partition coefficient (Wildman–Crippen LogP) is 2.48. The molecule has 0 heterocycles. The van der Waals surface area contributed by atoms with Crippen LogP contribution in [-0.2, 0) is 11.3 Å². The van der Waals surface area contributed by atoms with Gasteiger partial charge in [0.2, 0.25) is 5.91 Å². The second kappa shape index (κ2) is 7.49. The van der Waals surface area contributed by atoms with Crippen molar-refractivity contribution in [3.63, 3.8) is 0 Å². The van der Waals surface area contributed by atoms with Crippen LogP contribution in [0.15, 0.2) is 48.5 Å². The lowest BCUT2D eigenvalue weighted by Gasteiger charge is -2.22. The van der Waals surface area contributed by atoms with Crippen LogP contribution in [-0.4, -0.2) is 23.3 Å². The van der Waals surface area contributed by atoms with Crippen molar-refractivity contribution < 1.29 is 18.4 Å². The lowest BCUT2D eigenvalue weighted by atomic mass is 10.1. The summed E-state index contributed by atoms with van der Waals surface area (Å²) in [6.07, 6.45) is -0.0314. The van der Waals surface area contributed by atoms with Crippen LogP contribution >= 0.6 is 0 Å². The Kier molecular flexibility index (Phi) is 5.41. The van der Waals surface area contributed by atoms with Crippen LogP contribution in [0, 0.1) is 11.6 Å². The largest absolute Gasteiger partial charge is 0.370 e. The van der Waals surface area contributed by atoms with Gasteiger partial charge >= 0.3 is 0 Å². The minimum atomic E-state index is -0.831. The van der Waals surface area contributed by atoms with E-state index in [4.69, 9.17) is 5.73 Å². The minimum Gasteiger partial charge on any atom is -0.370 e. The molecule has 0 saturated carbocycles. The van der Waals surface area contributed by atoms with E-state index in [2.05, 4.69) is 0 Å². The molecule has 4 nitrogen and oxygen atoms in total. The van der Waals surface area contributed by atoms with Crippen molar-refractivity contribution in [3.05, 3.63) is 71.3 Å². The van der Waals surface area contributed by atoms with Crippen LogP contribution < -0.4 is 5.73 Å². The molecular formula is C17H16F2N2O2. The highest BCUT2D eigenvalue weighted by Gasteiger charge is 2.18. The average molecular weight is 318 g/mol. The Hall–Kier alpha value is -2.76. The molecule has 0 aliphatic rings. The van der Waals surface area contributed by atoms with Crippen LogP contribution in [0.25, 0.3) is 0 Å². The summed E-state index contributed by atoms with van der Waals surface area (Å²) in [6.45, 7) is 0.284. The zero-order valence-electron chi connectivity index (χ0n) is 12.3. The lowest BCUT2D eigenvalue weighted by molar-refractivity contribution is -0.118. The number of hydrogen-bond donors (Lipinski definition) is 1. The number of carbonyl (C=O) groups is 2. The Bertz CT molecular complexity index is 685. The molecule has 6 heteroatoms. The van der Waals surface area contributed by atoms with Gasteiger partial charge in [-0.1, -0.05) is 30.3 Å². The maximum atomic E-state index is 13.3. The van der Waals surface area contributed by atoms with Gasteiger partial charge in [0.1, 0.15) is 11.6 Å². The summed E-state index contributed by atoms with van der Waals surface area (Å²) in [5.74, 6) is -2.78. The SMILES string of the molecule is NC(=O)CCN(Cc1ccccc1)C(=O)c1cc(F)cc(F)c1. The van der Waals surface area contributed by atoms with Gasteiger partial charge in [-0.25, -0.2) is 8.78 Å². The number of hydrogen-bond acceptors (Lipinski definition) is 2. The Morgan fingerprint density at radius 1 is 1.00 bits per heavy atom. The first-order valence-corrected chi connectivity index (χ1v) is 7.03. The molecule has 0 unspecified atom stereocenters. The van der Waals surface area contributed by atoms with Gasteiger partial charge in [0.05, 0.1) is 0 Å². The first kappa shape index (κ1) is 16.6. The molecule has 0 aliphatic heterocycles. The maximum absolute atomic E-state index is 13.3. The van der Waals surface area contributed by atoms with Crippen molar-refractivity contribution in [2.45, 2.75) is 13.0 Å². The highest BCUT2D eigenvalue weighted by Crippen LogP contribution is 2.14. The fourth-order valence-electron chi connectivity index (χ4n) is 2.16. The molecule has 2 amide bonds. The fraction of sp³-hybridized carbons (Fsp3) is 0.176. The first-order valence-electron chi connectivity index (χ1n) is 7.03. The van der Waals surface area contributed by atoms with E-state index in [0.717, 1.165) is 17.7 Å². The van der Waals surface area contributed by atoms with Gasteiger partial charge in [0, 0.05) is 31.1 Å². The zero-order valence-corrected chi connectivity index (χ0v) is 12.3. The van der Waals surface area contributed by atoms with Gasteiger partial charge in [-0.3, -0.25) is 9.59 Å². The van der Waals surface area contributed by atoms with Gasteiger partial charge in [0.25, 0.3) is 5.91 Å². The molecule has 120 valence electrons. The van der Waals surface area contributed by atoms with Crippen molar-refractivity contribution in [2.75, 3.05) is 6.54 Å². The van der Waals surface area contributed by atoms with E-state index in [1.54, 1.807) is 0 Å². The normalized spacial score (nSPS) is 10.3. The number of amides is 2. The summed E-state index contributed by atoms with van der Waals surface area (Å²) in [4.78, 5) is 24.8. The number of nitrogens with zero attached hydrogens (tertiary/aromatic N) is 1. The standard InChI is InChI=1S/C17H16F2N2O2/c18-14-8-13(9-15(19)10-14)17(23)21(7-6-16(20)22)11-12-4-2-1-3-5-12/h1-5,8-10H,6-7,11H2,(H2,20,22). The van der Waals surface area contributed by atoms with Crippen LogP contribution in [0.5, 0.6) is 0 Å². The van der Waals surface area contributed by atoms with E-state index in [1.807, 2.05) is 30.3 Å². The molecule has 0 radical (unpaired) electrons. The topological polar surface area (TPSA) is 63.4 Å². The number of primary amides is 1. The summed E-state index contributed by atoms with van der Waals surface area (Å²) in [7, 11) is 0. The molecule has 0 fully saturated rings. The predicted molar refractivity (Wildman–Crippen MR) is 81.4 cm³/mol. The molecule has 2 rings (SSSR count). The summed E-state index contributed by atoms with van der Waals surface area (Å²) in [5, 5.41) is 0. The second-order valence-electron chi connectivity index (χ2n) is 5.09. The van der Waals surface area contributed by atoms with Gasteiger partial charge < -0.3 is 10.6 Å². The highest BCUT2D eigenvalue weighted by atomic mass is 19.1. The Balaban J connectivity index is 2.24. The molecule has 2 aromatic rings. The third kappa shape index (κ3) is 4.88. The average Bonchev–Trinajstić information content (AvgIpc) is 2.50. The molecule has 23 heavy (non-hydrogen) atoms. The van der Waals surface area contributed by atoms with Crippen LogP contribution in [0.3, 0.4) is 0 Å². The zero-order chi connectivity index (χ0) is 16.8. The van der Waals surface area contributed by atoms with Crippen LogP contribution in [0.4, 0.5) is 8.78 Å². The van der Waals surface area contributed by atoms with Gasteiger partial charge in [-0.05, 0) is 17.7 Å². The summed E-state index contributed by atoms with van der Waals surface area (Å²) in [6, 6.07) is 11.7. The van der Waals surface area contributed by atoms with E-state index in [-0.39, 0.29) is 25.1 Å². The van der Waals surface area contributed by atoms with E-state index in [1.165, 1.54) is 4.90 Å². The van der Waals surface area contributed by atoms with Crippen molar-refractivity contribution in [1.29, 1.82) is 0 Å². The molecule has 0 spiro atoms. The van der Waals surface area contributed by atoms with E-state index >= 15 is 0 Å². The number of nitrogens with two attached hydrogens (primary N) is 1. The summed E-state index contributed by atoms with van der Waals surface area (Å²) < 4.78 is 26.6. The Morgan fingerprint density at radius 3 is 2.17 bits per heavy atom. The number of halogens is 2. The van der Waals surface area contributed by atoms with Crippen molar-refractivity contribution >= 4 is 11.8 Å². The molecule has 2 N–H and O–H groups in total. The smallest absolute Gasteiger partial charge is 0.254 e. The molecule has 2 aromatic carbocycles. The summed E-state index contributed by atoms with van der Waals surface area (Å²) in [5.41, 5.74) is 5.85. The third-order valence-electron chi connectivity index (χ3n) is 3.24. The van der Waals surface area contributed by atoms with Gasteiger partial charge in [-0.15, -0.1) is 0 Å². The Labute approximate surface area is 132 Å². The third-order valence-corrected chi connectivity index (χ3v) is 3.24. The quantitative estimate of drug-likeness (QED) is 0.889. The van der Waals surface area contributed by atoms with E-state index in [9.17, 15) is 18.4 Å². The molecule has 0 atom stereocenters. The van der Waals surface area contributed by atoms with Gasteiger partial charge in [-0.2, -0.15) is 0 Å². The minimum absolute atomic E-state index is 0.0314. The van der Waals surface area contributed by atoms with E-state index in [0.29, 0.717) is 6.07 Å². The van der Waals surface area contributed by atoms with E-state index < -0.39 is 23.4 Å². The Morgan fingerprint density at radius 2 is 1.61 bits per heavy atom. The lowest BCUT2D eigenvalue weighted by Crippen LogP contribution is -2.33. The second-order valence-corrected chi connectivity index (χ2v) is 5.09. The molecule has 0 aliphatic carbocycles. The number of benzene rings is 2. The van der Waals surface area contributed by atoms with Crippen molar-refractivity contribution in [3.8, 4) is 0 Å². The molecule has 0 aromatic heterocycles. The van der Waals surface area contributed by atoms with Crippen molar-refractivity contribution in [2.24, 2.45) is 5.73 Å². The summed E-state index contributed by atoms with van der Waals surface area (Å²) >= 11 is 0.